The van der Waals surface area contributed by atoms with E-state index < -0.39 is 0 Å². The van der Waals surface area contributed by atoms with Gasteiger partial charge < -0.3 is 19.7 Å². The van der Waals surface area contributed by atoms with Crippen LogP contribution in [0.1, 0.15) is 11.1 Å². The molecule has 0 aliphatic carbocycles. The molecule has 2 aliphatic rings. The largest absolute Gasteiger partial charge is 0.496 e. The second kappa shape index (κ2) is 8.71. The molecule has 7 heteroatoms. The summed E-state index contributed by atoms with van der Waals surface area (Å²) < 4.78 is 11.0. The van der Waals surface area contributed by atoms with Gasteiger partial charge in [-0.2, -0.15) is 0 Å². The number of nitrogens with zero attached hydrogens (tertiary/aromatic N) is 2. The summed E-state index contributed by atoms with van der Waals surface area (Å²) in [5.41, 5.74) is 3.87. The first kappa shape index (κ1) is 19.5. The molecular formula is C22H23N3O3S. The number of morpholine rings is 1. The number of carbonyl (C=O) groups is 1. The molecule has 6 nitrogen and oxygen atoms in total. The zero-order chi connectivity index (χ0) is 20.2. The van der Waals surface area contributed by atoms with E-state index in [9.17, 15) is 4.79 Å². The number of amides is 1. The standard InChI is InChI=1S/C22H23N3O3S/c1-15-5-3-4-6-18(15)23-22-24-21(26)20(29-22)13-16-7-8-17(14-19(16)27-2)25-9-11-28-12-10-25/h3-8,13-14H,9-12H2,1-2H3,(H,23,24,26)/b20-13-. The first-order valence-electron chi connectivity index (χ1n) is 9.50. The average Bonchev–Trinajstić information content (AvgIpc) is 3.09. The molecule has 150 valence electrons. The predicted octanol–water partition coefficient (Wildman–Crippen LogP) is 3.73. The Labute approximate surface area is 174 Å². The number of nitrogens with one attached hydrogen (secondary N) is 1. The van der Waals surface area contributed by atoms with Crippen molar-refractivity contribution < 1.29 is 14.3 Å². The summed E-state index contributed by atoms with van der Waals surface area (Å²) in [4.78, 5) is 19.9. The van der Waals surface area contributed by atoms with Crippen LogP contribution in [0.15, 0.2) is 52.4 Å². The van der Waals surface area contributed by atoms with E-state index in [1.807, 2.05) is 49.4 Å². The molecule has 0 aromatic heterocycles. The zero-order valence-electron chi connectivity index (χ0n) is 16.5. The molecule has 2 fully saturated rings. The number of hydrogen-bond donors (Lipinski definition) is 1. The molecule has 0 radical (unpaired) electrons. The van der Waals surface area contributed by atoms with Crippen molar-refractivity contribution in [1.29, 1.82) is 0 Å². The molecule has 1 N–H and O–H groups in total. The molecule has 0 spiro atoms. The van der Waals surface area contributed by atoms with E-state index in [4.69, 9.17) is 9.47 Å². The van der Waals surface area contributed by atoms with Crippen molar-refractivity contribution in [3.05, 3.63) is 58.5 Å². The molecule has 2 aromatic rings. The van der Waals surface area contributed by atoms with Crippen molar-refractivity contribution >= 4 is 40.3 Å². The maximum atomic E-state index is 12.4. The highest BCUT2D eigenvalue weighted by Gasteiger charge is 2.24. The highest BCUT2D eigenvalue weighted by Crippen LogP contribution is 2.33. The number of hydrogen-bond acceptors (Lipinski definition) is 6. The van der Waals surface area contributed by atoms with Crippen LogP contribution < -0.4 is 15.0 Å². The molecule has 2 saturated heterocycles. The smallest absolute Gasteiger partial charge is 0.264 e. The van der Waals surface area contributed by atoms with E-state index in [1.165, 1.54) is 11.8 Å². The van der Waals surface area contributed by atoms with Crippen molar-refractivity contribution in [2.24, 2.45) is 4.99 Å². The molecule has 2 aromatic carbocycles. The number of carbonyl (C=O) groups excluding carboxylic acids is 1. The van der Waals surface area contributed by atoms with Gasteiger partial charge in [-0.25, -0.2) is 4.99 Å². The van der Waals surface area contributed by atoms with Crippen LogP contribution in [0.25, 0.3) is 6.08 Å². The van der Waals surface area contributed by atoms with Gasteiger partial charge in [0.25, 0.3) is 5.91 Å². The summed E-state index contributed by atoms with van der Waals surface area (Å²) in [6, 6.07) is 13.9. The Bertz CT molecular complexity index is 981. The Morgan fingerprint density at radius 3 is 2.76 bits per heavy atom. The van der Waals surface area contributed by atoms with Crippen molar-refractivity contribution in [1.82, 2.24) is 5.32 Å². The van der Waals surface area contributed by atoms with Gasteiger partial charge in [0.15, 0.2) is 5.17 Å². The first-order valence-corrected chi connectivity index (χ1v) is 10.3. The monoisotopic (exact) mass is 409 g/mol. The van der Waals surface area contributed by atoms with Crippen LogP contribution in [0.2, 0.25) is 0 Å². The molecular weight excluding hydrogens is 386 g/mol. The number of thioether (sulfide) groups is 1. The fraction of sp³-hybridized carbons (Fsp3) is 0.273. The van der Waals surface area contributed by atoms with E-state index in [0.717, 1.165) is 54.6 Å². The van der Waals surface area contributed by atoms with Gasteiger partial charge in [-0.15, -0.1) is 0 Å². The van der Waals surface area contributed by atoms with E-state index in [2.05, 4.69) is 21.3 Å². The van der Waals surface area contributed by atoms with Crippen LogP contribution in [0.4, 0.5) is 11.4 Å². The summed E-state index contributed by atoms with van der Waals surface area (Å²) in [7, 11) is 1.65. The van der Waals surface area contributed by atoms with Crippen molar-refractivity contribution in [2.45, 2.75) is 6.92 Å². The number of ether oxygens (including phenoxy) is 2. The lowest BCUT2D eigenvalue weighted by atomic mass is 10.1. The predicted molar refractivity (Wildman–Crippen MR) is 118 cm³/mol. The van der Waals surface area contributed by atoms with E-state index >= 15 is 0 Å². The maximum absolute atomic E-state index is 12.4. The Hall–Kier alpha value is -2.77. The fourth-order valence-corrected chi connectivity index (χ4v) is 4.08. The summed E-state index contributed by atoms with van der Waals surface area (Å²) in [5, 5.41) is 3.43. The molecule has 0 saturated carbocycles. The summed E-state index contributed by atoms with van der Waals surface area (Å²) >= 11 is 1.34. The summed E-state index contributed by atoms with van der Waals surface area (Å²) in [6.07, 6.45) is 1.85. The van der Waals surface area contributed by atoms with Gasteiger partial charge in [-0.3, -0.25) is 4.79 Å². The molecule has 0 atom stereocenters. The quantitative estimate of drug-likeness (QED) is 0.780. The fourth-order valence-electron chi connectivity index (χ4n) is 3.26. The first-order chi connectivity index (χ1) is 14.1. The minimum atomic E-state index is -0.151. The molecule has 1 amide bonds. The van der Waals surface area contributed by atoms with Crippen LogP contribution in [-0.2, 0) is 9.53 Å². The molecule has 0 unspecified atom stereocenters. The summed E-state index contributed by atoms with van der Waals surface area (Å²) in [5.74, 6) is 0.584. The number of para-hydroxylation sites is 1. The number of aliphatic imine (C=N–C) groups is 1. The minimum Gasteiger partial charge on any atom is -0.496 e. The van der Waals surface area contributed by atoms with Gasteiger partial charge in [-0.05, 0) is 48.5 Å². The molecule has 0 bridgehead atoms. The highest BCUT2D eigenvalue weighted by molar-refractivity contribution is 8.18. The number of amidine groups is 1. The number of methoxy groups -OCH3 is 1. The van der Waals surface area contributed by atoms with E-state index in [1.54, 1.807) is 7.11 Å². The van der Waals surface area contributed by atoms with Crippen molar-refractivity contribution in [3.8, 4) is 5.75 Å². The second-order valence-electron chi connectivity index (χ2n) is 6.79. The van der Waals surface area contributed by atoms with Crippen molar-refractivity contribution in [3.63, 3.8) is 0 Å². The van der Waals surface area contributed by atoms with Gasteiger partial charge in [0.05, 0.1) is 30.9 Å². The van der Waals surface area contributed by atoms with Crippen LogP contribution in [0, 0.1) is 6.92 Å². The Kier molecular flexibility index (Phi) is 5.87. The van der Waals surface area contributed by atoms with Crippen molar-refractivity contribution in [2.75, 3.05) is 38.3 Å². The normalized spacial score (nSPS) is 19.7. The highest BCUT2D eigenvalue weighted by atomic mass is 32.2. The third-order valence-electron chi connectivity index (χ3n) is 4.87. The van der Waals surface area contributed by atoms with E-state index in [-0.39, 0.29) is 5.91 Å². The average molecular weight is 410 g/mol. The third-order valence-corrected chi connectivity index (χ3v) is 5.78. The molecule has 2 heterocycles. The number of aryl methyl sites for hydroxylation is 1. The van der Waals surface area contributed by atoms with Crippen LogP contribution in [0.5, 0.6) is 5.75 Å². The second-order valence-corrected chi connectivity index (χ2v) is 7.82. The molecule has 29 heavy (non-hydrogen) atoms. The van der Waals surface area contributed by atoms with Gasteiger partial charge in [-0.1, -0.05) is 18.2 Å². The zero-order valence-corrected chi connectivity index (χ0v) is 17.3. The Morgan fingerprint density at radius 1 is 1.21 bits per heavy atom. The van der Waals surface area contributed by atoms with Gasteiger partial charge in [0.1, 0.15) is 5.75 Å². The molecule has 2 aliphatic heterocycles. The third kappa shape index (κ3) is 4.46. The van der Waals surface area contributed by atoms with Crippen LogP contribution >= 0.6 is 11.8 Å². The number of rotatable bonds is 4. The van der Waals surface area contributed by atoms with E-state index in [0.29, 0.717) is 10.1 Å². The van der Waals surface area contributed by atoms with Crippen LogP contribution in [-0.4, -0.2) is 44.5 Å². The number of benzene rings is 2. The summed E-state index contributed by atoms with van der Waals surface area (Å²) in [6.45, 7) is 5.18. The Balaban J connectivity index is 1.57. The lowest BCUT2D eigenvalue weighted by molar-refractivity contribution is -0.115. The topological polar surface area (TPSA) is 63.2 Å². The SMILES string of the molecule is COc1cc(N2CCOCC2)ccc1/C=C1\SC(=Nc2ccccc2C)NC1=O. The molecule has 4 rings (SSSR count). The van der Waals surface area contributed by atoms with Gasteiger partial charge in [0, 0.05) is 30.4 Å². The minimum absolute atomic E-state index is 0.151. The van der Waals surface area contributed by atoms with Crippen LogP contribution in [0.3, 0.4) is 0 Å². The Morgan fingerprint density at radius 2 is 2.00 bits per heavy atom. The maximum Gasteiger partial charge on any atom is 0.264 e. The van der Waals surface area contributed by atoms with Gasteiger partial charge in [0.2, 0.25) is 0 Å². The lowest BCUT2D eigenvalue weighted by Gasteiger charge is -2.29. The lowest BCUT2D eigenvalue weighted by Crippen LogP contribution is -2.36. The number of anilines is 1. The van der Waals surface area contributed by atoms with Gasteiger partial charge >= 0.3 is 0 Å².